The standard InChI is InChI=1S/C6H9F3N2O/c7-6(8,9)5(12)11-3-4-1-10-2-4/h4,10H,1-3H2,(H,11,12). The molecule has 1 saturated heterocycles. The minimum absolute atomic E-state index is 0.103. The smallest absolute Gasteiger partial charge is 0.348 e. The van der Waals surface area contributed by atoms with Crippen LogP contribution in [0.5, 0.6) is 0 Å². The molecule has 0 spiro atoms. The van der Waals surface area contributed by atoms with Crippen molar-refractivity contribution in [2.45, 2.75) is 6.18 Å². The number of halogens is 3. The monoisotopic (exact) mass is 182 g/mol. The Labute approximate surface area is 67.3 Å². The van der Waals surface area contributed by atoms with Gasteiger partial charge in [0, 0.05) is 25.6 Å². The molecule has 1 amide bonds. The molecule has 0 atom stereocenters. The van der Waals surface area contributed by atoms with Crippen LogP contribution in [-0.2, 0) is 4.79 Å². The summed E-state index contributed by atoms with van der Waals surface area (Å²) in [5, 5.41) is 4.71. The van der Waals surface area contributed by atoms with Crippen molar-refractivity contribution in [3.05, 3.63) is 0 Å². The summed E-state index contributed by atoms with van der Waals surface area (Å²) in [6, 6.07) is 0. The highest BCUT2D eigenvalue weighted by molar-refractivity contribution is 5.81. The third-order valence-electron chi connectivity index (χ3n) is 1.67. The fourth-order valence-electron chi connectivity index (χ4n) is 0.830. The van der Waals surface area contributed by atoms with Gasteiger partial charge in [0.2, 0.25) is 0 Å². The van der Waals surface area contributed by atoms with E-state index < -0.39 is 12.1 Å². The number of hydrogen-bond acceptors (Lipinski definition) is 2. The van der Waals surface area contributed by atoms with E-state index in [1.54, 1.807) is 0 Å². The first-order valence-corrected chi connectivity index (χ1v) is 3.56. The molecule has 1 aliphatic rings. The Bertz CT molecular complexity index is 176. The summed E-state index contributed by atoms with van der Waals surface area (Å²) in [6.45, 7) is 1.46. The van der Waals surface area contributed by atoms with Crippen LogP contribution in [0.3, 0.4) is 0 Å². The third kappa shape index (κ3) is 2.37. The Morgan fingerprint density at radius 2 is 2.08 bits per heavy atom. The normalized spacial score (nSPS) is 18.6. The number of carbonyl (C=O) groups is 1. The van der Waals surface area contributed by atoms with E-state index in [-0.39, 0.29) is 12.5 Å². The van der Waals surface area contributed by atoms with Crippen LogP contribution in [-0.4, -0.2) is 31.7 Å². The van der Waals surface area contributed by atoms with Gasteiger partial charge in [-0.15, -0.1) is 0 Å². The molecule has 0 unspecified atom stereocenters. The van der Waals surface area contributed by atoms with Crippen LogP contribution in [0.15, 0.2) is 0 Å². The summed E-state index contributed by atoms with van der Waals surface area (Å²) in [7, 11) is 0. The van der Waals surface area contributed by atoms with Crippen molar-refractivity contribution in [2.24, 2.45) is 5.92 Å². The Balaban J connectivity index is 2.17. The molecule has 0 saturated carbocycles. The lowest BCUT2D eigenvalue weighted by Crippen LogP contribution is -2.50. The molecule has 70 valence electrons. The summed E-state index contributed by atoms with van der Waals surface area (Å²) in [5.74, 6) is -1.70. The van der Waals surface area contributed by atoms with Gasteiger partial charge in [-0.3, -0.25) is 4.79 Å². The summed E-state index contributed by atoms with van der Waals surface area (Å²) in [6.07, 6.45) is -4.75. The summed E-state index contributed by atoms with van der Waals surface area (Å²) < 4.78 is 34.8. The summed E-state index contributed by atoms with van der Waals surface area (Å²) in [5.41, 5.74) is 0. The van der Waals surface area contributed by atoms with E-state index in [2.05, 4.69) is 5.32 Å². The molecule has 0 aromatic heterocycles. The van der Waals surface area contributed by atoms with Crippen LogP contribution in [0.1, 0.15) is 0 Å². The van der Waals surface area contributed by atoms with Crippen molar-refractivity contribution in [1.82, 2.24) is 10.6 Å². The van der Waals surface area contributed by atoms with Crippen LogP contribution in [0, 0.1) is 5.92 Å². The number of nitrogens with one attached hydrogen (secondary N) is 2. The lowest BCUT2D eigenvalue weighted by atomic mass is 10.0. The first-order chi connectivity index (χ1) is 5.50. The number of rotatable bonds is 2. The maximum Gasteiger partial charge on any atom is 0.471 e. The van der Waals surface area contributed by atoms with Crippen LogP contribution in [0.2, 0.25) is 0 Å². The molecule has 0 aliphatic carbocycles. The maximum atomic E-state index is 11.6. The van der Waals surface area contributed by atoms with E-state index in [4.69, 9.17) is 0 Å². The quantitative estimate of drug-likeness (QED) is 0.625. The first-order valence-electron chi connectivity index (χ1n) is 3.56. The molecule has 1 aliphatic heterocycles. The fourth-order valence-corrected chi connectivity index (χ4v) is 0.830. The van der Waals surface area contributed by atoms with Gasteiger partial charge in [-0.05, 0) is 0 Å². The second-order valence-corrected chi connectivity index (χ2v) is 2.73. The second-order valence-electron chi connectivity index (χ2n) is 2.73. The Morgan fingerprint density at radius 1 is 1.50 bits per heavy atom. The molecular formula is C6H9F3N2O. The lowest BCUT2D eigenvalue weighted by Gasteiger charge is -2.27. The van der Waals surface area contributed by atoms with Crippen molar-refractivity contribution in [3.8, 4) is 0 Å². The summed E-state index contributed by atoms with van der Waals surface area (Å²) in [4.78, 5) is 10.3. The molecule has 1 heterocycles. The zero-order valence-electron chi connectivity index (χ0n) is 6.24. The number of amides is 1. The van der Waals surface area contributed by atoms with Gasteiger partial charge < -0.3 is 10.6 Å². The highest BCUT2D eigenvalue weighted by Gasteiger charge is 2.38. The van der Waals surface area contributed by atoms with Gasteiger partial charge in [0.25, 0.3) is 0 Å². The van der Waals surface area contributed by atoms with Gasteiger partial charge in [0.1, 0.15) is 0 Å². The van der Waals surface area contributed by atoms with Gasteiger partial charge in [-0.25, -0.2) is 0 Å². The molecule has 2 N–H and O–H groups in total. The van der Waals surface area contributed by atoms with E-state index in [0.29, 0.717) is 13.1 Å². The van der Waals surface area contributed by atoms with Crippen molar-refractivity contribution in [3.63, 3.8) is 0 Å². The minimum Gasteiger partial charge on any atom is -0.348 e. The molecule has 0 aromatic carbocycles. The fraction of sp³-hybridized carbons (Fsp3) is 0.833. The topological polar surface area (TPSA) is 41.1 Å². The predicted octanol–water partition coefficient (Wildman–Crippen LogP) is -0.116. The largest absolute Gasteiger partial charge is 0.471 e. The van der Waals surface area contributed by atoms with E-state index in [9.17, 15) is 18.0 Å². The zero-order chi connectivity index (χ0) is 9.19. The molecule has 0 bridgehead atoms. The molecular weight excluding hydrogens is 173 g/mol. The van der Waals surface area contributed by atoms with Crippen LogP contribution in [0.4, 0.5) is 13.2 Å². The second kappa shape index (κ2) is 3.30. The number of carbonyl (C=O) groups excluding carboxylic acids is 1. The number of alkyl halides is 3. The summed E-state index contributed by atoms with van der Waals surface area (Å²) >= 11 is 0. The lowest BCUT2D eigenvalue weighted by molar-refractivity contribution is -0.173. The predicted molar refractivity (Wildman–Crippen MR) is 35.4 cm³/mol. The van der Waals surface area contributed by atoms with Gasteiger partial charge in [0.05, 0.1) is 0 Å². The molecule has 1 rings (SSSR count). The number of hydrogen-bond donors (Lipinski definition) is 2. The van der Waals surface area contributed by atoms with Crippen LogP contribution >= 0.6 is 0 Å². The molecule has 1 fully saturated rings. The van der Waals surface area contributed by atoms with Crippen LogP contribution < -0.4 is 10.6 Å². The van der Waals surface area contributed by atoms with Gasteiger partial charge in [-0.1, -0.05) is 0 Å². The Kier molecular flexibility index (Phi) is 2.56. The van der Waals surface area contributed by atoms with Crippen molar-refractivity contribution >= 4 is 5.91 Å². The minimum atomic E-state index is -4.75. The molecule has 0 radical (unpaired) electrons. The van der Waals surface area contributed by atoms with Crippen molar-refractivity contribution < 1.29 is 18.0 Å². The third-order valence-corrected chi connectivity index (χ3v) is 1.67. The van der Waals surface area contributed by atoms with Crippen molar-refractivity contribution in [2.75, 3.05) is 19.6 Å². The molecule has 12 heavy (non-hydrogen) atoms. The van der Waals surface area contributed by atoms with Gasteiger partial charge in [0.15, 0.2) is 0 Å². The molecule has 0 aromatic rings. The van der Waals surface area contributed by atoms with Crippen LogP contribution in [0.25, 0.3) is 0 Å². The van der Waals surface area contributed by atoms with Crippen molar-refractivity contribution in [1.29, 1.82) is 0 Å². The SMILES string of the molecule is O=C(NCC1CNC1)C(F)(F)F. The highest BCUT2D eigenvalue weighted by atomic mass is 19.4. The first kappa shape index (κ1) is 9.31. The Hall–Kier alpha value is -0.780. The Morgan fingerprint density at radius 3 is 2.42 bits per heavy atom. The van der Waals surface area contributed by atoms with Gasteiger partial charge in [-0.2, -0.15) is 13.2 Å². The maximum absolute atomic E-state index is 11.6. The molecule has 6 heteroatoms. The van der Waals surface area contributed by atoms with E-state index in [1.165, 1.54) is 0 Å². The average Bonchev–Trinajstić information content (AvgIpc) is 1.81. The average molecular weight is 182 g/mol. The van der Waals surface area contributed by atoms with E-state index >= 15 is 0 Å². The van der Waals surface area contributed by atoms with E-state index in [0.717, 1.165) is 0 Å². The zero-order valence-corrected chi connectivity index (χ0v) is 6.24. The highest BCUT2D eigenvalue weighted by Crippen LogP contribution is 2.14. The van der Waals surface area contributed by atoms with Gasteiger partial charge >= 0.3 is 12.1 Å². The van der Waals surface area contributed by atoms with E-state index in [1.807, 2.05) is 5.32 Å². The molecule has 3 nitrogen and oxygen atoms in total.